The van der Waals surface area contributed by atoms with Gasteiger partial charge >= 0.3 is 0 Å². The molecule has 4 nitrogen and oxygen atoms in total. The molecule has 0 unspecified atom stereocenters. The van der Waals surface area contributed by atoms with E-state index in [0.29, 0.717) is 16.0 Å². The predicted molar refractivity (Wildman–Crippen MR) is 79.9 cm³/mol. The Hall–Kier alpha value is -0.750. The van der Waals surface area contributed by atoms with Crippen LogP contribution in [0.3, 0.4) is 0 Å². The molecule has 1 rings (SSSR count). The molecule has 0 amide bonds. The Morgan fingerprint density at radius 2 is 2.21 bits per heavy atom. The van der Waals surface area contributed by atoms with E-state index >= 15 is 0 Å². The average Bonchev–Trinajstić information content (AvgIpc) is 2.33. The molecule has 0 bridgehead atoms. The maximum atomic E-state index is 13.6. The standard InChI is InChI=1S/C11H12BrFN2O2S2/c1-2-4-18-5-3-15-19(16,17)11-7-10(14)8(12)6-9(11)13/h1,6-7,15H,3-5,14H2. The number of hydrogen-bond acceptors (Lipinski definition) is 4. The van der Waals surface area contributed by atoms with Crippen LogP contribution < -0.4 is 10.5 Å². The minimum atomic E-state index is -3.91. The maximum absolute atomic E-state index is 13.6. The zero-order valence-electron chi connectivity index (χ0n) is 9.82. The van der Waals surface area contributed by atoms with Crippen LogP contribution in [0.1, 0.15) is 0 Å². The van der Waals surface area contributed by atoms with Crippen molar-refractivity contribution in [2.45, 2.75) is 4.90 Å². The van der Waals surface area contributed by atoms with Gasteiger partial charge in [0.05, 0.1) is 5.75 Å². The minimum Gasteiger partial charge on any atom is -0.398 e. The van der Waals surface area contributed by atoms with Crippen molar-refractivity contribution in [1.82, 2.24) is 4.72 Å². The Morgan fingerprint density at radius 3 is 2.84 bits per heavy atom. The van der Waals surface area contributed by atoms with E-state index in [1.165, 1.54) is 11.8 Å². The highest BCUT2D eigenvalue weighted by Crippen LogP contribution is 2.25. The Morgan fingerprint density at radius 1 is 1.53 bits per heavy atom. The second-order valence-electron chi connectivity index (χ2n) is 3.46. The molecule has 0 fully saturated rings. The van der Waals surface area contributed by atoms with Crippen LogP contribution in [-0.2, 0) is 10.0 Å². The first kappa shape index (κ1) is 16.3. The summed E-state index contributed by atoms with van der Waals surface area (Å²) in [7, 11) is -3.91. The molecule has 0 aromatic heterocycles. The van der Waals surface area contributed by atoms with Gasteiger partial charge in [-0.25, -0.2) is 17.5 Å². The highest BCUT2D eigenvalue weighted by atomic mass is 79.9. The topological polar surface area (TPSA) is 72.2 Å². The second-order valence-corrected chi connectivity index (χ2v) is 7.15. The summed E-state index contributed by atoms with van der Waals surface area (Å²) < 4.78 is 40.0. The molecule has 0 aliphatic carbocycles. The van der Waals surface area contributed by atoms with Crippen molar-refractivity contribution in [3.63, 3.8) is 0 Å². The summed E-state index contributed by atoms with van der Waals surface area (Å²) in [6, 6.07) is 2.10. The number of nitrogens with two attached hydrogens (primary N) is 1. The quantitative estimate of drug-likeness (QED) is 0.457. The fourth-order valence-corrected chi connectivity index (χ4v) is 3.29. The summed E-state index contributed by atoms with van der Waals surface area (Å²) in [6.07, 6.45) is 5.06. The van der Waals surface area contributed by atoms with Gasteiger partial charge in [-0.1, -0.05) is 5.92 Å². The zero-order chi connectivity index (χ0) is 14.5. The Bertz CT molecular complexity index is 599. The molecule has 0 saturated heterocycles. The molecule has 1 aromatic carbocycles. The van der Waals surface area contributed by atoms with Crippen molar-refractivity contribution in [3.05, 3.63) is 22.4 Å². The number of anilines is 1. The third kappa shape index (κ3) is 4.69. The number of nitrogen functional groups attached to an aromatic ring is 1. The van der Waals surface area contributed by atoms with Crippen molar-refractivity contribution < 1.29 is 12.8 Å². The molecule has 8 heteroatoms. The van der Waals surface area contributed by atoms with Crippen LogP contribution >= 0.6 is 27.7 Å². The summed E-state index contributed by atoms with van der Waals surface area (Å²) in [5, 5.41) is 0. The minimum absolute atomic E-state index is 0.156. The maximum Gasteiger partial charge on any atom is 0.243 e. The lowest BCUT2D eigenvalue weighted by molar-refractivity contribution is 0.558. The third-order valence-corrected chi connectivity index (χ3v) is 5.09. The number of hydrogen-bond donors (Lipinski definition) is 2. The van der Waals surface area contributed by atoms with E-state index < -0.39 is 20.7 Å². The monoisotopic (exact) mass is 366 g/mol. The summed E-state index contributed by atoms with van der Waals surface area (Å²) in [6.45, 7) is 0.171. The molecule has 19 heavy (non-hydrogen) atoms. The number of benzene rings is 1. The second kappa shape index (κ2) is 7.14. The first-order valence-corrected chi connectivity index (χ1v) is 8.57. The Kier molecular flexibility index (Phi) is 6.13. The van der Waals surface area contributed by atoms with Gasteiger partial charge in [0.2, 0.25) is 10.0 Å². The fourth-order valence-electron chi connectivity index (χ4n) is 1.21. The highest BCUT2D eigenvalue weighted by Gasteiger charge is 2.20. The van der Waals surface area contributed by atoms with Gasteiger partial charge in [0, 0.05) is 22.5 Å². The number of thioether (sulfide) groups is 1. The van der Waals surface area contributed by atoms with Gasteiger partial charge in [0.1, 0.15) is 10.7 Å². The van der Waals surface area contributed by atoms with Crippen LogP contribution in [0, 0.1) is 18.2 Å². The van der Waals surface area contributed by atoms with Crippen molar-refractivity contribution in [1.29, 1.82) is 0 Å². The average molecular weight is 367 g/mol. The van der Waals surface area contributed by atoms with Gasteiger partial charge in [0.15, 0.2) is 0 Å². The van der Waals surface area contributed by atoms with Crippen molar-refractivity contribution >= 4 is 43.4 Å². The molecule has 3 N–H and O–H groups in total. The largest absolute Gasteiger partial charge is 0.398 e. The number of halogens is 2. The lowest BCUT2D eigenvalue weighted by atomic mass is 10.3. The fraction of sp³-hybridized carbons (Fsp3) is 0.273. The molecule has 0 aliphatic rings. The first-order chi connectivity index (χ1) is 8.88. The molecule has 0 radical (unpaired) electrons. The van der Waals surface area contributed by atoms with Crippen LogP contribution in [-0.4, -0.2) is 26.5 Å². The van der Waals surface area contributed by atoms with E-state index in [4.69, 9.17) is 12.2 Å². The highest BCUT2D eigenvalue weighted by molar-refractivity contribution is 9.10. The van der Waals surface area contributed by atoms with E-state index in [2.05, 4.69) is 26.6 Å². The zero-order valence-corrected chi connectivity index (χ0v) is 13.0. The molecule has 0 saturated carbocycles. The molecule has 0 spiro atoms. The molecule has 0 atom stereocenters. The first-order valence-electron chi connectivity index (χ1n) is 5.14. The lowest BCUT2D eigenvalue weighted by Crippen LogP contribution is -2.27. The van der Waals surface area contributed by atoms with E-state index in [1.807, 2.05) is 0 Å². The number of terminal acetylenes is 1. The van der Waals surface area contributed by atoms with Gasteiger partial charge in [-0.05, 0) is 28.1 Å². The molecule has 0 aliphatic heterocycles. The summed E-state index contributed by atoms with van der Waals surface area (Å²) in [5.41, 5.74) is 5.70. The third-order valence-electron chi connectivity index (χ3n) is 2.06. The summed E-state index contributed by atoms with van der Waals surface area (Å²) in [4.78, 5) is -0.463. The molecular formula is C11H12BrFN2O2S2. The SMILES string of the molecule is C#CCSCCNS(=O)(=O)c1cc(N)c(Br)cc1F. The summed E-state index contributed by atoms with van der Waals surface area (Å²) in [5.74, 6) is 2.58. The number of rotatable bonds is 6. The normalized spacial score (nSPS) is 11.2. The molecule has 104 valence electrons. The van der Waals surface area contributed by atoms with E-state index in [-0.39, 0.29) is 12.2 Å². The van der Waals surface area contributed by atoms with Crippen LogP contribution in [0.15, 0.2) is 21.5 Å². The lowest BCUT2D eigenvalue weighted by Gasteiger charge is -2.09. The molecule has 0 heterocycles. The van der Waals surface area contributed by atoms with Crippen LogP contribution in [0.25, 0.3) is 0 Å². The summed E-state index contributed by atoms with van der Waals surface area (Å²) >= 11 is 4.44. The number of sulfonamides is 1. The van der Waals surface area contributed by atoms with Crippen molar-refractivity contribution in [2.24, 2.45) is 0 Å². The van der Waals surface area contributed by atoms with Gasteiger partial charge in [-0.2, -0.15) is 0 Å². The Labute approximate surface area is 124 Å². The Balaban J connectivity index is 2.78. The van der Waals surface area contributed by atoms with Gasteiger partial charge in [0.25, 0.3) is 0 Å². The van der Waals surface area contributed by atoms with Gasteiger partial charge in [-0.3, -0.25) is 0 Å². The van der Waals surface area contributed by atoms with Crippen LogP contribution in [0.5, 0.6) is 0 Å². The molecular weight excluding hydrogens is 355 g/mol. The van der Waals surface area contributed by atoms with Crippen molar-refractivity contribution in [2.75, 3.05) is 23.8 Å². The van der Waals surface area contributed by atoms with Crippen molar-refractivity contribution in [3.8, 4) is 12.3 Å². The van der Waals surface area contributed by atoms with Crippen LogP contribution in [0.2, 0.25) is 0 Å². The van der Waals surface area contributed by atoms with E-state index in [9.17, 15) is 12.8 Å². The van der Waals surface area contributed by atoms with E-state index in [0.717, 1.165) is 12.1 Å². The van der Waals surface area contributed by atoms with Gasteiger partial charge in [-0.15, -0.1) is 18.2 Å². The van der Waals surface area contributed by atoms with Crippen LogP contribution in [0.4, 0.5) is 10.1 Å². The van der Waals surface area contributed by atoms with Gasteiger partial charge < -0.3 is 5.73 Å². The number of nitrogens with one attached hydrogen (secondary N) is 1. The predicted octanol–water partition coefficient (Wildman–Crippen LogP) is 1.82. The van der Waals surface area contributed by atoms with E-state index in [1.54, 1.807) is 0 Å². The molecule has 1 aromatic rings. The smallest absolute Gasteiger partial charge is 0.243 e.